The van der Waals surface area contributed by atoms with Gasteiger partial charge in [-0.2, -0.15) is 0 Å². The first-order valence-electron chi connectivity index (χ1n) is 10.3. The average molecular weight is 423 g/mol. The van der Waals surface area contributed by atoms with Crippen molar-refractivity contribution in [2.24, 2.45) is 0 Å². The summed E-state index contributed by atoms with van der Waals surface area (Å²) in [5.74, 6) is 0.173. The number of rotatable bonds is 6. The zero-order valence-corrected chi connectivity index (χ0v) is 18.0. The van der Waals surface area contributed by atoms with Crippen molar-refractivity contribution in [2.75, 3.05) is 62.4 Å². The molecule has 0 unspecified atom stereocenters. The summed E-state index contributed by atoms with van der Waals surface area (Å²) in [5.41, 5.74) is 1.05. The van der Waals surface area contributed by atoms with E-state index in [2.05, 4.69) is 4.90 Å². The molecule has 2 aliphatic rings. The van der Waals surface area contributed by atoms with Gasteiger partial charge in [-0.05, 0) is 38.5 Å². The van der Waals surface area contributed by atoms with Gasteiger partial charge in [0.2, 0.25) is 15.9 Å². The van der Waals surface area contributed by atoms with E-state index in [0.717, 1.165) is 0 Å². The van der Waals surface area contributed by atoms with Gasteiger partial charge in [0.1, 0.15) is 0 Å². The monoisotopic (exact) mass is 422 g/mol. The largest absolute Gasteiger partial charge is 0.342 e. The fourth-order valence-corrected chi connectivity index (χ4v) is 5.44. The van der Waals surface area contributed by atoms with E-state index in [0.29, 0.717) is 70.0 Å². The molecule has 1 aromatic carbocycles. The van der Waals surface area contributed by atoms with Gasteiger partial charge in [0.15, 0.2) is 0 Å². The maximum atomic E-state index is 12.9. The summed E-state index contributed by atoms with van der Waals surface area (Å²) in [6.45, 7) is 8.60. The predicted octanol–water partition coefficient (Wildman–Crippen LogP) is 0.853. The Morgan fingerprint density at radius 2 is 1.72 bits per heavy atom. The Morgan fingerprint density at radius 3 is 2.31 bits per heavy atom. The first-order chi connectivity index (χ1) is 13.9. The highest BCUT2D eigenvalue weighted by atomic mass is 32.2. The number of likely N-dealkylation sites (N-methyl/N-ethyl adjacent to an activating group) is 1. The summed E-state index contributed by atoms with van der Waals surface area (Å²) in [5, 5.41) is 0. The third kappa shape index (κ3) is 4.90. The highest BCUT2D eigenvalue weighted by Gasteiger charge is 2.29. The van der Waals surface area contributed by atoms with Gasteiger partial charge in [0, 0.05) is 51.4 Å². The number of amides is 2. The van der Waals surface area contributed by atoms with Crippen molar-refractivity contribution in [2.45, 2.75) is 20.3 Å². The Kier molecular flexibility index (Phi) is 6.79. The minimum Gasteiger partial charge on any atom is -0.342 e. The van der Waals surface area contributed by atoms with E-state index in [-0.39, 0.29) is 17.6 Å². The summed E-state index contributed by atoms with van der Waals surface area (Å²) in [7, 11) is -3.27. The lowest BCUT2D eigenvalue weighted by Gasteiger charge is -2.35. The van der Waals surface area contributed by atoms with Crippen LogP contribution in [0, 0.1) is 0 Å². The van der Waals surface area contributed by atoms with Crippen LogP contribution >= 0.6 is 0 Å². The molecule has 2 fully saturated rings. The van der Waals surface area contributed by atoms with Crippen LogP contribution in [0.5, 0.6) is 0 Å². The van der Waals surface area contributed by atoms with Crippen molar-refractivity contribution in [3.8, 4) is 0 Å². The van der Waals surface area contributed by atoms with Crippen LogP contribution in [-0.2, 0) is 14.8 Å². The summed E-state index contributed by atoms with van der Waals surface area (Å²) in [4.78, 5) is 30.9. The topological polar surface area (TPSA) is 81.2 Å². The number of hydrogen-bond acceptors (Lipinski definition) is 5. The molecule has 3 rings (SSSR count). The molecule has 0 radical (unpaired) electrons. The van der Waals surface area contributed by atoms with Crippen LogP contribution in [0.25, 0.3) is 0 Å². The Bertz CT molecular complexity index is 846. The van der Waals surface area contributed by atoms with E-state index < -0.39 is 10.0 Å². The number of piperazine rings is 1. The van der Waals surface area contributed by atoms with E-state index in [1.54, 1.807) is 29.2 Å². The van der Waals surface area contributed by atoms with Crippen molar-refractivity contribution in [3.63, 3.8) is 0 Å². The lowest BCUT2D eigenvalue weighted by Crippen LogP contribution is -2.51. The van der Waals surface area contributed by atoms with Crippen molar-refractivity contribution in [1.29, 1.82) is 0 Å². The fraction of sp³-hybridized carbons (Fsp3) is 0.600. The summed E-state index contributed by atoms with van der Waals surface area (Å²) >= 11 is 0. The van der Waals surface area contributed by atoms with Crippen LogP contribution in [0.3, 0.4) is 0 Å². The molecule has 0 atom stereocenters. The second-order valence-corrected chi connectivity index (χ2v) is 9.44. The second-order valence-electron chi connectivity index (χ2n) is 7.43. The van der Waals surface area contributed by atoms with Crippen LogP contribution in [0.2, 0.25) is 0 Å². The zero-order chi connectivity index (χ0) is 21.0. The van der Waals surface area contributed by atoms with Gasteiger partial charge in [0.05, 0.1) is 18.0 Å². The molecule has 0 aromatic heterocycles. The SMILES string of the molecule is CCN(CC)C(=O)CN1CCN(C(=O)c2cccc(N3CCCS3(=O)=O)c2)CC1. The summed E-state index contributed by atoms with van der Waals surface area (Å²) < 4.78 is 25.7. The number of carbonyl (C=O) groups excluding carboxylic acids is 2. The minimum atomic E-state index is -3.27. The molecule has 2 aliphatic heterocycles. The molecule has 0 bridgehead atoms. The number of anilines is 1. The maximum Gasteiger partial charge on any atom is 0.254 e. The first kappa shape index (κ1) is 21.6. The van der Waals surface area contributed by atoms with E-state index in [1.165, 1.54) is 4.31 Å². The molecular formula is C20H30N4O4S. The number of benzene rings is 1. The number of sulfonamides is 1. The molecule has 9 heteroatoms. The van der Waals surface area contributed by atoms with E-state index >= 15 is 0 Å². The van der Waals surface area contributed by atoms with E-state index in [4.69, 9.17) is 0 Å². The standard InChI is InChI=1S/C20H30N4O4S/c1-3-22(4-2)19(25)16-21-10-12-23(13-11-21)20(26)17-7-5-8-18(15-17)24-9-6-14-29(24,27)28/h5,7-8,15H,3-4,6,9-14,16H2,1-2H3. The third-order valence-electron chi connectivity index (χ3n) is 5.61. The normalized spacial score (nSPS) is 19.4. The lowest BCUT2D eigenvalue weighted by molar-refractivity contribution is -0.132. The van der Waals surface area contributed by atoms with E-state index in [1.807, 2.05) is 18.7 Å². The van der Waals surface area contributed by atoms with Crippen molar-refractivity contribution >= 4 is 27.5 Å². The van der Waals surface area contributed by atoms with Gasteiger partial charge in [-0.15, -0.1) is 0 Å². The van der Waals surface area contributed by atoms with Crippen molar-refractivity contribution < 1.29 is 18.0 Å². The van der Waals surface area contributed by atoms with Crippen molar-refractivity contribution in [1.82, 2.24) is 14.7 Å². The molecule has 160 valence electrons. The Balaban J connectivity index is 1.60. The van der Waals surface area contributed by atoms with Gasteiger partial charge < -0.3 is 9.80 Å². The molecule has 0 spiro atoms. The molecule has 0 saturated carbocycles. The third-order valence-corrected chi connectivity index (χ3v) is 7.48. The predicted molar refractivity (Wildman–Crippen MR) is 112 cm³/mol. The average Bonchev–Trinajstić information content (AvgIpc) is 3.08. The maximum absolute atomic E-state index is 12.9. The molecule has 8 nitrogen and oxygen atoms in total. The van der Waals surface area contributed by atoms with Gasteiger partial charge in [-0.3, -0.25) is 18.8 Å². The molecule has 2 amide bonds. The number of hydrogen-bond donors (Lipinski definition) is 0. The molecule has 1 aromatic rings. The molecule has 0 aliphatic carbocycles. The van der Waals surface area contributed by atoms with Crippen LogP contribution in [-0.4, -0.2) is 93.0 Å². The molecule has 2 saturated heterocycles. The van der Waals surface area contributed by atoms with Crippen LogP contribution < -0.4 is 4.31 Å². The second kappa shape index (κ2) is 9.13. The molecular weight excluding hydrogens is 392 g/mol. The van der Waals surface area contributed by atoms with E-state index in [9.17, 15) is 18.0 Å². The molecule has 29 heavy (non-hydrogen) atoms. The Labute approximate surface area is 173 Å². The Morgan fingerprint density at radius 1 is 1.03 bits per heavy atom. The number of nitrogens with zero attached hydrogens (tertiary/aromatic N) is 4. The zero-order valence-electron chi connectivity index (χ0n) is 17.2. The minimum absolute atomic E-state index is 0.0989. The van der Waals surface area contributed by atoms with Gasteiger partial charge in [-0.1, -0.05) is 6.07 Å². The summed E-state index contributed by atoms with van der Waals surface area (Å²) in [6.07, 6.45) is 0.606. The smallest absolute Gasteiger partial charge is 0.254 e. The first-order valence-corrected chi connectivity index (χ1v) is 11.9. The van der Waals surface area contributed by atoms with Crippen LogP contribution in [0.15, 0.2) is 24.3 Å². The molecule has 2 heterocycles. The highest BCUT2D eigenvalue weighted by Crippen LogP contribution is 2.25. The summed E-state index contributed by atoms with van der Waals surface area (Å²) in [6, 6.07) is 6.86. The number of carbonyl (C=O) groups is 2. The van der Waals surface area contributed by atoms with Gasteiger partial charge >= 0.3 is 0 Å². The molecule has 0 N–H and O–H groups in total. The highest BCUT2D eigenvalue weighted by molar-refractivity contribution is 7.93. The quantitative estimate of drug-likeness (QED) is 0.679. The van der Waals surface area contributed by atoms with Crippen molar-refractivity contribution in [3.05, 3.63) is 29.8 Å². The Hall–Kier alpha value is -2.13. The van der Waals surface area contributed by atoms with Crippen LogP contribution in [0.4, 0.5) is 5.69 Å². The fourth-order valence-electron chi connectivity index (χ4n) is 3.88. The van der Waals surface area contributed by atoms with Crippen LogP contribution in [0.1, 0.15) is 30.6 Å². The lowest BCUT2D eigenvalue weighted by atomic mass is 10.1. The van der Waals surface area contributed by atoms with Gasteiger partial charge in [0.25, 0.3) is 5.91 Å². The van der Waals surface area contributed by atoms with Gasteiger partial charge in [-0.25, -0.2) is 8.42 Å².